The van der Waals surface area contributed by atoms with E-state index < -0.39 is 28.9 Å². The molecule has 1 N–H and O–H groups in total. The van der Waals surface area contributed by atoms with Gasteiger partial charge in [-0.05, 0) is 70.7 Å². The first kappa shape index (κ1) is 23.5. The average molecular weight is 465 g/mol. The molecule has 3 aromatic rings. The summed E-state index contributed by atoms with van der Waals surface area (Å²) in [4.78, 5) is 0. The van der Waals surface area contributed by atoms with Crippen LogP contribution < -0.4 is 0 Å². The van der Waals surface area contributed by atoms with Gasteiger partial charge in [0.15, 0.2) is 0 Å². The number of phenolic OH excluding ortho intramolecular Hbond substituents is 1. The van der Waals surface area contributed by atoms with E-state index in [2.05, 4.69) is 6.58 Å². The summed E-state index contributed by atoms with van der Waals surface area (Å²) in [5, 5.41) is 9.64. The lowest BCUT2D eigenvalue weighted by Gasteiger charge is -2.22. The van der Waals surface area contributed by atoms with Gasteiger partial charge in [0.1, 0.15) is 17.4 Å². The van der Waals surface area contributed by atoms with Gasteiger partial charge in [-0.3, -0.25) is 0 Å². The van der Waals surface area contributed by atoms with E-state index in [0.717, 1.165) is 30.3 Å². The molecule has 0 fully saturated rings. The van der Waals surface area contributed by atoms with E-state index in [1.54, 1.807) is 6.92 Å². The fourth-order valence-electron chi connectivity index (χ4n) is 3.56. The van der Waals surface area contributed by atoms with Crippen molar-refractivity contribution in [3.05, 3.63) is 106 Å². The molecule has 32 heavy (non-hydrogen) atoms. The summed E-state index contributed by atoms with van der Waals surface area (Å²) in [7, 11) is 0. The number of halogens is 6. The smallest absolute Gasteiger partial charge is 0.417 e. The van der Waals surface area contributed by atoms with Crippen molar-refractivity contribution < 1.29 is 27.1 Å². The van der Waals surface area contributed by atoms with Crippen LogP contribution in [0.25, 0.3) is 17.2 Å². The molecule has 0 saturated carbocycles. The molecule has 0 aliphatic rings. The zero-order chi connectivity index (χ0) is 23.6. The Balaban J connectivity index is 2.51. The number of aromatic hydroxyl groups is 1. The topological polar surface area (TPSA) is 20.2 Å². The molecular weight excluding hydrogens is 447 g/mol. The number of phenols is 1. The normalized spacial score (nSPS) is 12.5. The lowest BCUT2D eigenvalue weighted by Crippen LogP contribution is -2.12. The third-order valence-corrected chi connectivity index (χ3v) is 5.28. The Kier molecular flexibility index (Phi) is 6.74. The highest BCUT2D eigenvalue weighted by atomic mass is 35.5. The quantitative estimate of drug-likeness (QED) is 0.297. The van der Waals surface area contributed by atoms with Gasteiger partial charge in [0.05, 0.1) is 10.6 Å². The fraction of sp³-hybridized carbons (Fsp3) is 0.120. The van der Waals surface area contributed by atoms with Crippen LogP contribution in [0.15, 0.2) is 61.2 Å². The molecule has 1 nitrogen and oxygen atoms in total. The summed E-state index contributed by atoms with van der Waals surface area (Å²) in [6.45, 7) is 5.11. The first-order valence-corrected chi connectivity index (χ1v) is 9.96. The van der Waals surface area contributed by atoms with Crippen LogP contribution in [0.4, 0.5) is 22.0 Å². The van der Waals surface area contributed by atoms with E-state index in [9.17, 15) is 22.7 Å². The molecule has 7 heteroatoms. The van der Waals surface area contributed by atoms with Crippen LogP contribution in [0.2, 0.25) is 5.02 Å². The van der Waals surface area contributed by atoms with Gasteiger partial charge < -0.3 is 5.11 Å². The molecule has 3 aromatic carbocycles. The predicted octanol–water partition coefficient (Wildman–Crippen LogP) is 8.35. The molecule has 0 amide bonds. The van der Waals surface area contributed by atoms with Crippen LogP contribution >= 0.6 is 11.6 Å². The molecule has 0 atom stereocenters. The van der Waals surface area contributed by atoms with Crippen LogP contribution in [0.1, 0.15) is 41.2 Å². The second-order valence-electron chi connectivity index (χ2n) is 7.01. The maximum atomic E-state index is 15.3. The van der Waals surface area contributed by atoms with E-state index >= 15 is 4.39 Å². The maximum absolute atomic E-state index is 15.3. The van der Waals surface area contributed by atoms with Gasteiger partial charge in [0.2, 0.25) is 0 Å². The third-order valence-electron chi connectivity index (χ3n) is 4.97. The summed E-state index contributed by atoms with van der Waals surface area (Å²) < 4.78 is 71.1. The average Bonchev–Trinajstić information content (AvgIpc) is 2.73. The Labute approximate surface area is 187 Å². The van der Waals surface area contributed by atoms with Crippen LogP contribution in [0.5, 0.6) is 5.75 Å². The van der Waals surface area contributed by atoms with Crippen LogP contribution in [0.3, 0.4) is 0 Å². The van der Waals surface area contributed by atoms with Gasteiger partial charge in [0, 0.05) is 5.56 Å². The summed E-state index contributed by atoms with van der Waals surface area (Å²) in [5.41, 5.74) is -1.13. The van der Waals surface area contributed by atoms with Crippen molar-refractivity contribution in [1.29, 1.82) is 0 Å². The predicted molar refractivity (Wildman–Crippen MR) is 117 cm³/mol. The molecule has 3 rings (SSSR count). The second kappa shape index (κ2) is 9.17. The Morgan fingerprint density at radius 3 is 2.22 bits per heavy atom. The molecule has 0 bridgehead atoms. The SMILES string of the molecule is C=Cc1cc(F)c(/C(=C(/CC)c2ccc(F)cc2Cl)c2ccc(O)cc2)c(C(F)(F)F)c1. The Morgan fingerprint density at radius 1 is 1.03 bits per heavy atom. The number of hydrogen-bond donors (Lipinski definition) is 1. The lowest BCUT2D eigenvalue weighted by molar-refractivity contribution is -0.138. The van der Waals surface area contributed by atoms with Crippen LogP contribution in [0, 0.1) is 11.6 Å². The summed E-state index contributed by atoms with van der Waals surface area (Å²) >= 11 is 6.22. The second-order valence-corrected chi connectivity index (χ2v) is 7.41. The van der Waals surface area contributed by atoms with E-state index in [1.165, 1.54) is 30.3 Å². The van der Waals surface area contributed by atoms with Crippen molar-refractivity contribution in [2.45, 2.75) is 19.5 Å². The lowest BCUT2D eigenvalue weighted by atomic mass is 9.85. The largest absolute Gasteiger partial charge is 0.508 e. The molecular formula is C25H18ClF5O. The van der Waals surface area contributed by atoms with Crippen LogP contribution in [-0.4, -0.2) is 5.11 Å². The van der Waals surface area contributed by atoms with Gasteiger partial charge in [0.25, 0.3) is 0 Å². The van der Waals surface area contributed by atoms with Crippen molar-refractivity contribution in [2.75, 3.05) is 0 Å². The summed E-state index contributed by atoms with van der Waals surface area (Å²) in [6.07, 6.45) is -3.58. The first-order chi connectivity index (χ1) is 15.1. The number of alkyl halides is 3. The minimum Gasteiger partial charge on any atom is -0.508 e. The van der Waals surface area contributed by atoms with Crippen LogP contribution in [-0.2, 0) is 6.18 Å². The van der Waals surface area contributed by atoms with Gasteiger partial charge >= 0.3 is 6.18 Å². The molecule has 0 spiro atoms. The minimum atomic E-state index is -4.87. The van der Waals surface area contributed by atoms with Gasteiger partial charge in [-0.2, -0.15) is 13.2 Å². The van der Waals surface area contributed by atoms with Crippen molar-refractivity contribution in [2.24, 2.45) is 0 Å². The molecule has 0 saturated heterocycles. The maximum Gasteiger partial charge on any atom is 0.417 e. The van der Waals surface area contributed by atoms with Crippen molar-refractivity contribution in [1.82, 2.24) is 0 Å². The molecule has 166 valence electrons. The summed E-state index contributed by atoms with van der Waals surface area (Å²) in [6, 6.07) is 10.7. The van der Waals surface area contributed by atoms with Crippen molar-refractivity contribution in [3.63, 3.8) is 0 Å². The monoisotopic (exact) mass is 464 g/mol. The standard InChI is InChI=1S/C25H18ClF5O/c1-3-14-11-20(25(29,30)31)24(22(28)12-14)23(15-5-8-17(32)9-6-15)18(4-2)19-10-7-16(27)13-21(19)26/h3,5-13,32H,1,4H2,2H3/b23-18-. The Bertz CT molecular complexity index is 1190. The number of allylic oxidation sites excluding steroid dienone is 1. The van der Waals surface area contributed by atoms with E-state index in [-0.39, 0.29) is 45.0 Å². The third kappa shape index (κ3) is 4.70. The molecule has 0 aliphatic heterocycles. The van der Waals surface area contributed by atoms with Gasteiger partial charge in [-0.25, -0.2) is 8.78 Å². The zero-order valence-corrected chi connectivity index (χ0v) is 17.7. The highest BCUT2D eigenvalue weighted by Crippen LogP contribution is 2.44. The first-order valence-electron chi connectivity index (χ1n) is 9.58. The molecule has 0 heterocycles. The number of hydrogen-bond acceptors (Lipinski definition) is 1. The molecule has 0 radical (unpaired) electrons. The number of benzene rings is 3. The Hall–Kier alpha value is -3.12. The highest BCUT2D eigenvalue weighted by Gasteiger charge is 2.37. The van der Waals surface area contributed by atoms with E-state index in [0.29, 0.717) is 0 Å². The van der Waals surface area contributed by atoms with Crippen molar-refractivity contribution >= 4 is 28.8 Å². The van der Waals surface area contributed by atoms with E-state index in [4.69, 9.17) is 11.6 Å². The van der Waals surface area contributed by atoms with Gasteiger partial charge in [-0.1, -0.05) is 49.4 Å². The Morgan fingerprint density at radius 2 is 1.69 bits per heavy atom. The highest BCUT2D eigenvalue weighted by molar-refractivity contribution is 6.32. The van der Waals surface area contributed by atoms with Crippen molar-refractivity contribution in [3.8, 4) is 5.75 Å². The van der Waals surface area contributed by atoms with E-state index in [1.807, 2.05) is 0 Å². The molecule has 0 aliphatic carbocycles. The molecule has 0 aromatic heterocycles. The molecule has 0 unspecified atom stereocenters. The minimum absolute atomic E-state index is 0.0187. The summed E-state index contributed by atoms with van der Waals surface area (Å²) in [5.74, 6) is -1.82. The fourth-order valence-corrected chi connectivity index (χ4v) is 3.84. The van der Waals surface area contributed by atoms with Gasteiger partial charge in [-0.15, -0.1) is 0 Å². The zero-order valence-electron chi connectivity index (χ0n) is 16.9. The number of rotatable bonds is 5.